The molecule has 0 radical (unpaired) electrons. The zero-order valence-electron chi connectivity index (χ0n) is 15.2. The molecule has 1 heterocycles. The van der Waals surface area contributed by atoms with Crippen LogP contribution >= 0.6 is 11.8 Å². The Hall–Kier alpha value is -3.13. The van der Waals surface area contributed by atoms with E-state index < -0.39 is 23.1 Å². The number of hydrogen-bond donors (Lipinski definition) is 2. The number of aromatic amines is 1. The van der Waals surface area contributed by atoms with Crippen molar-refractivity contribution in [1.29, 1.82) is 0 Å². The Morgan fingerprint density at radius 2 is 1.96 bits per heavy atom. The molecule has 0 unspecified atom stereocenters. The maximum Gasteiger partial charge on any atom is 0.344 e. The number of nitrogens with one attached hydrogen (secondary N) is 2. The van der Waals surface area contributed by atoms with Crippen molar-refractivity contribution in [2.24, 2.45) is 0 Å². The highest BCUT2D eigenvalue weighted by molar-refractivity contribution is 8.00. The molecular weight excluding hydrogens is 383 g/mol. The van der Waals surface area contributed by atoms with Crippen LogP contribution in [0.15, 0.2) is 52.3 Å². The third-order valence-corrected chi connectivity index (χ3v) is 5.01. The Morgan fingerprint density at radius 1 is 1.21 bits per heavy atom. The van der Waals surface area contributed by atoms with Crippen LogP contribution in [0.3, 0.4) is 0 Å². The van der Waals surface area contributed by atoms with Gasteiger partial charge in [0.15, 0.2) is 0 Å². The summed E-state index contributed by atoms with van der Waals surface area (Å²) in [5.74, 6) is -1.95. The number of carbonyl (C=O) groups is 2. The number of amides is 1. The number of ether oxygens (including phenoxy) is 1. The molecule has 3 aromatic rings. The minimum Gasteiger partial charge on any atom is -0.465 e. The summed E-state index contributed by atoms with van der Waals surface area (Å²) in [5.41, 5.74) is 0.841. The predicted octanol–water partition coefficient (Wildman–Crippen LogP) is 3.49. The standard InChI is InChI=1S/C20H17FN2O4S/c1-11-7-8-14-12(9-11)18(25)17(20(26)27-2)19(23-14)28-10-16(24)22-15-6-4-3-5-13(15)21/h3-9H,10H2,1-2H3,(H,22,24)(H,23,25). The Balaban J connectivity index is 1.90. The number of rotatable bonds is 5. The van der Waals surface area contributed by atoms with Crippen LogP contribution in [0.5, 0.6) is 0 Å². The van der Waals surface area contributed by atoms with Crippen LogP contribution in [0.4, 0.5) is 10.1 Å². The largest absolute Gasteiger partial charge is 0.465 e. The molecule has 0 spiro atoms. The number of aryl methyl sites for hydroxylation is 1. The summed E-state index contributed by atoms with van der Waals surface area (Å²) in [6, 6.07) is 11.0. The smallest absolute Gasteiger partial charge is 0.344 e. The number of halogens is 1. The van der Waals surface area contributed by atoms with Crippen molar-refractivity contribution in [3.63, 3.8) is 0 Å². The van der Waals surface area contributed by atoms with Crippen molar-refractivity contribution in [3.05, 3.63) is 69.6 Å². The van der Waals surface area contributed by atoms with E-state index in [-0.39, 0.29) is 22.0 Å². The molecular formula is C20H17FN2O4S. The van der Waals surface area contributed by atoms with E-state index in [9.17, 15) is 18.8 Å². The average Bonchev–Trinajstić information content (AvgIpc) is 2.68. The number of aromatic nitrogens is 1. The van der Waals surface area contributed by atoms with Crippen molar-refractivity contribution >= 4 is 40.2 Å². The molecule has 0 saturated carbocycles. The fourth-order valence-corrected chi connectivity index (χ4v) is 3.51. The van der Waals surface area contributed by atoms with Crippen LogP contribution in [0, 0.1) is 12.7 Å². The molecule has 0 aliphatic heterocycles. The molecule has 1 aromatic heterocycles. The molecule has 0 aliphatic rings. The van der Waals surface area contributed by atoms with Crippen molar-refractivity contribution in [3.8, 4) is 0 Å². The van der Waals surface area contributed by atoms with Gasteiger partial charge < -0.3 is 15.0 Å². The first kappa shape index (κ1) is 19.6. The van der Waals surface area contributed by atoms with Gasteiger partial charge in [-0.3, -0.25) is 9.59 Å². The summed E-state index contributed by atoms with van der Waals surface area (Å²) in [7, 11) is 1.18. The van der Waals surface area contributed by atoms with Crippen molar-refractivity contribution in [2.45, 2.75) is 11.9 Å². The first-order valence-electron chi connectivity index (χ1n) is 8.33. The van der Waals surface area contributed by atoms with E-state index in [0.29, 0.717) is 10.9 Å². The summed E-state index contributed by atoms with van der Waals surface area (Å²) in [5, 5.41) is 3.04. The molecule has 0 saturated heterocycles. The molecule has 0 aliphatic carbocycles. The number of esters is 1. The van der Waals surface area contributed by atoms with Gasteiger partial charge >= 0.3 is 5.97 Å². The van der Waals surface area contributed by atoms with Gasteiger partial charge in [0.25, 0.3) is 0 Å². The van der Waals surface area contributed by atoms with E-state index in [1.54, 1.807) is 18.2 Å². The lowest BCUT2D eigenvalue weighted by Gasteiger charge is -2.10. The molecule has 6 nitrogen and oxygen atoms in total. The Labute approximate surface area is 164 Å². The van der Waals surface area contributed by atoms with Crippen LogP contribution in [-0.4, -0.2) is 29.7 Å². The number of fused-ring (bicyclic) bond motifs is 1. The number of methoxy groups -OCH3 is 1. The maximum atomic E-state index is 13.7. The Bertz CT molecular complexity index is 1130. The molecule has 0 fully saturated rings. The first-order chi connectivity index (χ1) is 13.4. The van der Waals surface area contributed by atoms with Gasteiger partial charge in [-0.2, -0.15) is 0 Å². The SMILES string of the molecule is COC(=O)c1c(SCC(=O)Nc2ccccc2F)[nH]c2ccc(C)cc2c1=O. The van der Waals surface area contributed by atoms with Gasteiger partial charge in [0.05, 0.1) is 29.1 Å². The van der Waals surface area contributed by atoms with Crippen molar-refractivity contribution in [1.82, 2.24) is 4.98 Å². The van der Waals surface area contributed by atoms with Crippen LogP contribution in [0.1, 0.15) is 15.9 Å². The average molecular weight is 400 g/mol. The summed E-state index contributed by atoms with van der Waals surface area (Å²) in [6.07, 6.45) is 0. The zero-order chi connectivity index (χ0) is 20.3. The highest BCUT2D eigenvalue weighted by Gasteiger charge is 2.21. The van der Waals surface area contributed by atoms with Gasteiger partial charge in [0, 0.05) is 5.39 Å². The normalized spacial score (nSPS) is 10.7. The van der Waals surface area contributed by atoms with Crippen molar-refractivity contribution < 1.29 is 18.7 Å². The lowest BCUT2D eigenvalue weighted by Crippen LogP contribution is -2.21. The Morgan fingerprint density at radius 3 is 2.68 bits per heavy atom. The molecule has 3 rings (SSSR count). The third-order valence-electron chi connectivity index (χ3n) is 4.01. The minimum absolute atomic E-state index is 0.0590. The number of pyridine rings is 1. The van der Waals surface area contributed by atoms with E-state index in [4.69, 9.17) is 4.74 Å². The monoisotopic (exact) mass is 400 g/mol. The summed E-state index contributed by atoms with van der Waals surface area (Å²) in [6.45, 7) is 1.84. The molecule has 144 valence electrons. The zero-order valence-corrected chi connectivity index (χ0v) is 16.0. The highest BCUT2D eigenvalue weighted by Crippen LogP contribution is 2.23. The number of benzene rings is 2. The topological polar surface area (TPSA) is 88.3 Å². The van der Waals surface area contributed by atoms with Crippen LogP contribution < -0.4 is 10.7 Å². The quantitative estimate of drug-likeness (QED) is 0.506. The molecule has 2 N–H and O–H groups in total. The second-order valence-electron chi connectivity index (χ2n) is 6.02. The Kier molecular flexibility index (Phi) is 5.79. The molecule has 2 aromatic carbocycles. The van der Waals surface area contributed by atoms with Gasteiger partial charge in [0.2, 0.25) is 11.3 Å². The number of anilines is 1. The number of hydrogen-bond acceptors (Lipinski definition) is 5. The van der Waals surface area contributed by atoms with Gasteiger partial charge in [-0.25, -0.2) is 9.18 Å². The van der Waals surface area contributed by atoms with Gasteiger partial charge in [-0.05, 0) is 31.2 Å². The van der Waals surface area contributed by atoms with Crippen LogP contribution in [0.2, 0.25) is 0 Å². The summed E-state index contributed by atoms with van der Waals surface area (Å²) < 4.78 is 18.4. The lowest BCUT2D eigenvalue weighted by molar-refractivity contribution is -0.113. The predicted molar refractivity (Wildman–Crippen MR) is 106 cm³/mol. The molecule has 8 heteroatoms. The molecule has 28 heavy (non-hydrogen) atoms. The van der Waals surface area contributed by atoms with E-state index in [1.165, 1.54) is 25.3 Å². The summed E-state index contributed by atoms with van der Waals surface area (Å²) in [4.78, 5) is 40.1. The van der Waals surface area contributed by atoms with Gasteiger partial charge in [-0.15, -0.1) is 0 Å². The molecule has 0 bridgehead atoms. The van der Waals surface area contributed by atoms with Gasteiger partial charge in [0.1, 0.15) is 11.4 Å². The highest BCUT2D eigenvalue weighted by atomic mass is 32.2. The number of thioether (sulfide) groups is 1. The van der Waals surface area contributed by atoms with Crippen LogP contribution in [0.25, 0.3) is 10.9 Å². The number of para-hydroxylation sites is 1. The maximum absolute atomic E-state index is 13.7. The molecule has 1 amide bonds. The fraction of sp³-hybridized carbons (Fsp3) is 0.150. The lowest BCUT2D eigenvalue weighted by atomic mass is 10.1. The van der Waals surface area contributed by atoms with E-state index in [2.05, 4.69) is 10.3 Å². The first-order valence-corrected chi connectivity index (χ1v) is 9.31. The number of H-pyrrole nitrogens is 1. The van der Waals surface area contributed by atoms with Crippen molar-refractivity contribution in [2.75, 3.05) is 18.2 Å². The minimum atomic E-state index is -0.790. The number of carbonyl (C=O) groups excluding carboxylic acids is 2. The van der Waals surface area contributed by atoms with Crippen LogP contribution in [-0.2, 0) is 9.53 Å². The fourth-order valence-electron chi connectivity index (χ4n) is 2.66. The summed E-state index contributed by atoms with van der Waals surface area (Å²) >= 11 is 0.966. The second-order valence-corrected chi connectivity index (χ2v) is 7.00. The van der Waals surface area contributed by atoms with Gasteiger partial charge in [-0.1, -0.05) is 35.5 Å². The molecule has 0 atom stereocenters. The van der Waals surface area contributed by atoms with E-state index in [1.807, 2.05) is 13.0 Å². The van der Waals surface area contributed by atoms with E-state index in [0.717, 1.165) is 17.3 Å². The third kappa shape index (κ3) is 4.07. The van der Waals surface area contributed by atoms with E-state index >= 15 is 0 Å². The second kappa shape index (κ2) is 8.26.